The molecule has 1 atom stereocenters. The third kappa shape index (κ3) is 3.31. The predicted molar refractivity (Wildman–Crippen MR) is 80.3 cm³/mol. The number of carboxylic acids is 1. The number of carbonyl (C=O) groups is 2. The molecule has 21 heavy (non-hydrogen) atoms. The molecule has 0 bridgehead atoms. The van der Waals surface area contributed by atoms with Crippen molar-refractivity contribution in [2.75, 3.05) is 26.7 Å². The molecule has 0 radical (unpaired) electrons. The van der Waals surface area contributed by atoms with E-state index in [9.17, 15) is 14.7 Å². The van der Waals surface area contributed by atoms with E-state index in [1.165, 1.54) is 0 Å². The largest absolute Gasteiger partial charge is 0.479 e. The van der Waals surface area contributed by atoms with Gasteiger partial charge in [-0.15, -0.1) is 0 Å². The normalized spacial score (nSPS) is 27.8. The molecule has 6 nitrogen and oxygen atoms in total. The summed E-state index contributed by atoms with van der Waals surface area (Å²) in [5.41, 5.74) is -0.996. The van der Waals surface area contributed by atoms with E-state index < -0.39 is 11.5 Å². The van der Waals surface area contributed by atoms with Gasteiger partial charge in [-0.3, -0.25) is 0 Å². The standard InChI is InChI=1S/C15H27N3O3/c1-3-7-15(13(19)20)8-4-9-18(15)14(21)16-12-5-10-17(2)11-6-12/h12H,3-11H2,1-2H3,(H,16,21)(H,19,20). The number of rotatable bonds is 4. The number of carbonyl (C=O) groups excluding carboxylic acids is 1. The molecule has 0 spiro atoms. The van der Waals surface area contributed by atoms with Crippen LogP contribution in [-0.4, -0.2) is 65.2 Å². The molecular weight excluding hydrogens is 270 g/mol. The fraction of sp³-hybridized carbons (Fsp3) is 0.867. The lowest BCUT2D eigenvalue weighted by atomic mass is 9.91. The summed E-state index contributed by atoms with van der Waals surface area (Å²) in [5.74, 6) is -0.861. The van der Waals surface area contributed by atoms with E-state index in [1.807, 2.05) is 6.92 Å². The molecule has 2 aliphatic heterocycles. The molecule has 2 aliphatic rings. The minimum absolute atomic E-state index is 0.169. The van der Waals surface area contributed by atoms with Crippen molar-refractivity contribution in [2.24, 2.45) is 0 Å². The zero-order valence-corrected chi connectivity index (χ0v) is 13.1. The summed E-state index contributed by atoms with van der Waals surface area (Å²) in [7, 11) is 2.08. The third-order valence-electron chi connectivity index (χ3n) is 4.84. The molecule has 0 saturated carbocycles. The molecule has 2 fully saturated rings. The first-order valence-electron chi connectivity index (χ1n) is 7.99. The lowest BCUT2D eigenvalue weighted by molar-refractivity contribution is -0.148. The zero-order chi connectivity index (χ0) is 15.5. The Labute approximate surface area is 126 Å². The van der Waals surface area contributed by atoms with Gasteiger partial charge in [-0.25, -0.2) is 9.59 Å². The lowest BCUT2D eigenvalue weighted by Crippen LogP contribution is -2.58. The van der Waals surface area contributed by atoms with Gasteiger partial charge >= 0.3 is 12.0 Å². The molecule has 0 aliphatic carbocycles. The van der Waals surface area contributed by atoms with Crippen molar-refractivity contribution in [3.63, 3.8) is 0 Å². The van der Waals surface area contributed by atoms with Crippen LogP contribution in [0.2, 0.25) is 0 Å². The number of hydrogen-bond donors (Lipinski definition) is 2. The van der Waals surface area contributed by atoms with Crippen LogP contribution < -0.4 is 5.32 Å². The first-order chi connectivity index (χ1) is 9.99. The number of nitrogens with one attached hydrogen (secondary N) is 1. The molecule has 0 aromatic heterocycles. The fourth-order valence-corrected chi connectivity index (χ4v) is 3.58. The van der Waals surface area contributed by atoms with Crippen molar-refractivity contribution >= 4 is 12.0 Å². The smallest absolute Gasteiger partial charge is 0.329 e. The van der Waals surface area contributed by atoms with Crippen molar-refractivity contribution in [2.45, 2.75) is 57.0 Å². The van der Waals surface area contributed by atoms with Gasteiger partial charge in [0.25, 0.3) is 0 Å². The summed E-state index contributed by atoms with van der Waals surface area (Å²) in [5, 5.41) is 12.7. The van der Waals surface area contributed by atoms with Gasteiger partial charge < -0.3 is 20.2 Å². The Morgan fingerprint density at radius 2 is 1.95 bits per heavy atom. The third-order valence-corrected chi connectivity index (χ3v) is 4.84. The summed E-state index contributed by atoms with van der Waals surface area (Å²) in [6.45, 7) is 4.47. The molecule has 2 saturated heterocycles. The fourth-order valence-electron chi connectivity index (χ4n) is 3.58. The van der Waals surface area contributed by atoms with Crippen molar-refractivity contribution in [1.29, 1.82) is 0 Å². The number of piperidine rings is 1. The second-order valence-corrected chi connectivity index (χ2v) is 6.37. The van der Waals surface area contributed by atoms with Crippen molar-refractivity contribution in [1.82, 2.24) is 15.1 Å². The highest BCUT2D eigenvalue weighted by molar-refractivity contribution is 5.87. The van der Waals surface area contributed by atoms with Gasteiger partial charge in [0.2, 0.25) is 0 Å². The van der Waals surface area contributed by atoms with Gasteiger partial charge in [0.15, 0.2) is 0 Å². The van der Waals surface area contributed by atoms with Crippen LogP contribution in [0.3, 0.4) is 0 Å². The summed E-state index contributed by atoms with van der Waals surface area (Å²) >= 11 is 0. The topological polar surface area (TPSA) is 72.9 Å². The van der Waals surface area contributed by atoms with Crippen LogP contribution in [0, 0.1) is 0 Å². The van der Waals surface area contributed by atoms with E-state index in [4.69, 9.17) is 0 Å². The number of amides is 2. The van der Waals surface area contributed by atoms with E-state index in [0.717, 1.165) is 38.8 Å². The van der Waals surface area contributed by atoms with Crippen LogP contribution >= 0.6 is 0 Å². The van der Waals surface area contributed by atoms with Crippen LogP contribution in [0.5, 0.6) is 0 Å². The van der Waals surface area contributed by atoms with E-state index in [1.54, 1.807) is 4.90 Å². The highest BCUT2D eigenvalue weighted by Gasteiger charge is 2.49. The Balaban J connectivity index is 2.01. The Morgan fingerprint density at radius 1 is 1.29 bits per heavy atom. The van der Waals surface area contributed by atoms with Crippen molar-refractivity contribution < 1.29 is 14.7 Å². The van der Waals surface area contributed by atoms with E-state index in [-0.39, 0.29) is 12.1 Å². The first-order valence-corrected chi connectivity index (χ1v) is 7.99. The second kappa shape index (κ2) is 6.64. The van der Waals surface area contributed by atoms with Gasteiger partial charge in [0, 0.05) is 12.6 Å². The molecule has 0 aromatic carbocycles. The summed E-state index contributed by atoms with van der Waals surface area (Å²) < 4.78 is 0. The molecule has 2 N–H and O–H groups in total. The van der Waals surface area contributed by atoms with Crippen molar-refractivity contribution in [3.8, 4) is 0 Å². The monoisotopic (exact) mass is 297 g/mol. The molecule has 0 aromatic rings. The number of urea groups is 1. The Kier molecular flexibility index (Phi) is 5.08. The average Bonchev–Trinajstić information content (AvgIpc) is 2.87. The number of carboxylic acid groups (broad SMARTS) is 1. The van der Waals surface area contributed by atoms with Crippen LogP contribution in [0.25, 0.3) is 0 Å². The van der Waals surface area contributed by atoms with Gasteiger partial charge in [-0.1, -0.05) is 13.3 Å². The maximum atomic E-state index is 12.5. The molecule has 120 valence electrons. The number of likely N-dealkylation sites (tertiary alicyclic amines) is 2. The quantitative estimate of drug-likeness (QED) is 0.825. The van der Waals surface area contributed by atoms with E-state index >= 15 is 0 Å². The Bertz CT molecular complexity index is 394. The number of hydrogen-bond acceptors (Lipinski definition) is 3. The molecule has 2 heterocycles. The maximum absolute atomic E-state index is 12.5. The van der Waals surface area contributed by atoms with Gasteiger partial charge in [0.05, 0.1) is 0 Å². The number of nitrogens with zero attached hydrogens (tertiary/aromatic N) is 2. The van der Waals surface area contributed by atoms with Gasteiger partial charge in [-0.05, 0) is 52.2 Å². The first kappa shape index (κ1) is 16.1. The van der Waals surface area contributed by atoms with E-state index in [0.29, 0.717) is 19.4 Å². The van der Waals surface area contributed by atoms with Gasteiger partial charge in [-0.2, -0.15) is 0 Å². The SMILES string of the molecule is CCCC1(C(=O)O)CCCN1C(=O)NC1CCN(C)CC1. The highest BCUT2D eigenvalue weighted by Crippen LogP contribution is 2.34. The van der Waals surface area contributed by atoms with Gasteiger partial charge in [0.1, 0.15) is 5.54 Å². The van der Waals surface area contributed by atoms with Crippen LogP contribution in [0.15, 0.2) is 0 Å². The molecule has 6 heteroatoms. The summed E-state index contributed by atoms with van der Waals surface area (Å²) in [6.07, 6.45) is 4.51. The molecular formula is C15H27N3O3. The second-order valence-electron chi connectivity index (χ2n) is 6.37. The summed E-state index contributed by atoms with van der Waals surface area (Å²) in [6, 6.07) is -0.0275. The number of aliphatic carboxylic acids is 1. The molecule has 2 rings (SSSR count). The van der Waals surface area contributed by atoms with E-state index in [2.05, 4.69) is 17.3 Å². The zero-order valence-electron chi connectivity index (χ0n) is 13.1. The Morgan fingerprint density at radius 3 is 2.52 bits per heavy atom. The molecule has 2 amide bonds. The minimum atomic E-state index is -0.996. The summed E-state index contributed by atoms with van der Waals surface area (Å²) in [4.78, 5) is 28.1. The minimum Gasteiger partial charge on any atom is -0.479 e. The lowest BCUT2D eigenvalue weighted by Gasteiger charge is -2.37. The highest BCUT2D eigenvalue weighted by atomic mass is 16.4. The Hall–Kier alpha value is -1.30. The van der Waals surface area contributed by atoms with Crippen LogP contribution in [-0.2, 0) is 4.79 Å². The van der Waals surface area contributed by atoms with Crippen LogP contribution in [0.4, 0.5) is 4.79 Å². The predicted octanol–water partition coefficient (Wildman–Crippen LogP) is 1.51. The van der Waals surface area contributed by atoms with Crippen LogP contribution in [0.1, 0.15) is 45.4 Å². The maximum Gasteiger partial charge on any atom is 0.329 e. The molecule has 1 unspecified atom stereocenters. The average molecular weight is 297 g/mol. The van der Waals surface area contributed by atoms with Crippen molar-refractivity contribution in [3.05, 3.63) is 0 Å².